The van der Waals surface area contributed by atoms with Crippen molar-refractivity contribution in [3.05, 3.63) is 69.2 Å². The number of carboxylic acid groups (broad SMARTS) is 1. The molecule has 2 N–H and O–H groups in total. The summed E-state index contributed by atoms with van der Waals surface area (Å²) in [6.07, 6.45) is -11.1. The lowest BCUT2D eigenvalue weighted by molar-refractivity contribution is -0.143. The fourth-order valence-corrected chi connectivity index (χ4v) is 3.08. The summed E-state index contributed by atoms with van der Waals surface area (Å²) in [6, 6.07) is 5.97. The number of hydrogen-bond acceptors (Lipinski definition) is 2. The minimum Gasteiger partial charge on any atom is -0.480 e. The van der Waals surface area contributed by atoms with Crippen LogP contribution in [-0.4, -0.2) is 23.0 Å². The minimum atomic E-state index is -5.05. The Balaban J connectivity index is 2.23. The van der Waals surface area contributed by atoms with Crippen molar-refractivity contribution in [3.63, 3.8) is 0 Å². The molecule has 11 heteroatoms. The van der Waals surface area contributed by atoms with Crippen LogP contribution in [0.4, 0.5) is 26.3 Å². The molecule has 0 saturated carbocycles. The molecule has 2 aromatic carbocycles. The standard InChI is InChI=1S/C19H14BrF6NO3/c20-14-4-2-1-3-11(14)8-15(17(29)30)27-16(28)7-10-5-12(18(21,22)23)9-13(6-10)19(24,25)26/h1-6,9,15H,7-8H2,(H,27,28)(H,29,30)/t15-/m1/s1. The van der Waals surface area contributed by atoms with Gasteiger partial charge in [0, 0.05) is 10.9 Å². The first-order valence-corrected chi connectivity index (χ1v) is 9.10. The summed E-state index contributed by atoms with van der Waals surface area (Å²) in [7, 11) is 0. The van der Waals surface area contributed by atoms with Crippen LogP contribution in [0.2, 0.25) is 0 Å². The molecule has 2 rings (SSSR count). The number of carbonyl (C=O) groups is 2. The maximum Gasteiger partial charge on any atom is 0.416 e. The van der Waals surface area contributed by atoms with Gasteiger partial charge < -0.3 is 10.4 Å². The third kappa shape index (κ3) is 6.48. The minimum absolute atomic E-state index is 0.0472. The number of nitrogens with one attached hydrogen (secondary N) is 1. The molecule has 162 valence electrons. The fraction of sp³-hybridized carbons (Fsp3) is 0.263. The first-order valence-electron chi connectivity index (χ1n) is 8.31. The van der Waals surface area contributed by atoms with Crippen LogP contribution in [-0.2, 0) is 34.8 Å². The van der Waals surface area contributed by atoms with Gasteiger partial charge in [0.1, 0.15) is 6.04 Å². The van der Waals surface area contributed by atoms with E-state index in [0.29, 0.717) is 22.2 Å². The number of rotatable bonds is 6. The van der Waals surface area contributed by atoms with Crippen molar-refractivity contribution < 1.29 is 41.0 Å². The summed E-state index contributed by atoms with van der Waals surface area (Å²) >= 11 is 3.23. The Hall–Kier alpha value is -2.56. The lowest BCUT2D eigenvalue weighted by Crippen LogP contribution is -2.43. The Labute approximate surface area is 175 Å². The predicted octanol–water partition coefficient (Wildman–Crippen LogP) is 4.84. The van der Waals surface area contributed by atoms with Crippen LogP contribution in [0.15, 0.2) is 46.9 Å². The monoisotopic (exact) mass is 497 g/mol. The molecule has 0 aliphatic carbocycles. The maximum atomic E-state index is 12.9. The molecule has 0 spiro atoms. The SMILES string of the molecule is O=C(Cc1cc(C(F)(F)F)cc(C(F)(F)F)c1)N[C@H](Cc1ccccc1Br)C(=O)O. The molecule has 1 atom stereocenters. The zero-order valence-electron chi connectivity index (χ0n) is 14.9. The highest BCUT2D eigenvalue weighted by molar-refractivity contribution is 9.10. The van der Waals surface area contributed by atoms with Gasteiger partial charge in [-0.3, -0.25) is 4.79 Å². The van der Waals surface area contributed by atoms with E-state index in [-0.39, 0.29) is 12.5 Å². The molecule has 0 heterocycles. The Morgan fingerprint density at radius 3 is 1.97 bits per heavy atom. The number of carbonyl (C=O) groups excluding carboxylic acids is 1. The third-order valence-corrected chi connectivity index (χ3v) is 4.80. The Bertz CT molecular complexity index is 910. The zero-order valence-corrected chi connectivity index (χ0v) is 16.5. The Morgan fingerprint density at radius 1 is 0.967 bits per heavy atom. The number of hydrogen-bond donors (Lipinski definition) is 2. The van der Waals surface area contributed by atoms with Crippen LogP contribution in [0.3, 0.4) is 0 Å². The Kier molecular flexibility index (Phi) is 7.17. The second-order valence-corrected chi connectivity index (χ2v) is 7.20. The van der Waals surface area contributed by atoms with E-state index in [0.717, 1.165) is 0 Å². The molecular formula is C19H14BrF6NO3. The van der Waals surface area contributed by atoms with E-state index in [1.807, 2.05) is 0 Å². The first kappa shape index (κ1) is 23.7. The second-order valence-electron chi connectivity index (χ2n) is 6.34. The van der Waals surface area contributed by atoms with Gasteiger partial charge in [-0.05, 0) is 35.4 Å². The summed E-state index contributed by atoms with van der Waals surface area (Å²) in [4.78, 5) is 23.6. The van der Waals surface area contributed by atoms with Crippen molar-refractivity contribution in [1.82, 2.24) is 5.32 Å². The van der Waals surface area contributed by atoms with Crippen molar-refractivity contribution in [2.45, 2.75) is 31.2 Å². The number of benzene rings is 2. The molecule has 1 amide bonds. The van der Waals surface area contributed by atoms with E-state index in [4.69, 9.17) is 0 Å². The molecule has 2 aromatic rings. The van der Waals surface area contributed by atoms with E-state index >= 15 is 0 Å². The first-order chi connectivity index (χ1) is 13.8. The van der Waals surface area contributed by atoms with Crippen molar-refractivity contribution in [1.29, 1.82) is 0 Å². The molecule has 0 radical (unpaired) electrons. The molecule has 30 heavy (non-hydrogen) atoms. The molecule has 0 aliphatic rings. The third-order valence-electron chi connectivity index (χ3n) is 4.03. The van der Waals surface area contributed by atoms with Gasteiger partial charge in [-0.25, -0.2) is 4.79 Å². The normalized spacial score (nSPS) is 13.0. The molecule has 0 aliphatic heterocycles. The molecular weight excluding hydrogens is 484 g/mol. The molecule has 0 fully saturated rings. The maximum absolute atomic E-state index is 12.9. The zero-order chi connectivity index (χ0) is 22.7. The molecule has 0 aromatic heterocycles. The van der Waals surface area contributed by atoms with E-state index in [1.54, 1.807) is 24.3 Å². The van der Waals surface area contributed by atoms with E-state index in [9.17, 15) is 41.0 Å². The lowest BCUT2D eigenvalue weighted by atomic mass is 10.0. The van der Waals surface area contributed by atoms with E-state index in [1.165, 1.54) is 0 Å². The smallest absolute Gasteiger partial charge is 0.416 e. The van der Waals surface area contributed by atoms with Crippen molar-refractivity contribution in [2.24, 2.45) is 0 Å². The van der Waals surface area contributed by atoms with Gasteiger partial charge in [-0.1, -0.05) is 34.1 Å². The van der Waals surface area contributed by atoms with Crippen LogP contribution in [0.1, 0.15) is 22.3 Å². The highest BCUT2D eigenvalue weighted by Crippen LogP contribution is 2.36. The largest absolute Gasteiger partial charge is 0.480 e. The number of alkyl halides is 6. The van der Waals surface area contributed by atoms with Crippen LogP contribution >= 0.6 is 15.9 Å². The van der Waals surface area contributed by atoms with Crippen LogP contribution < -0.4 is 5.32 Å². The summed E-state index contributed by atoms with van der Waals surface area (Å²) in [5.74, 6) is -2.43. The van der Waals surface area contributed by atoms with Crippen LogP contribution in [0.5, 0.6) is 0 Å². The topological polar surface area (TPSA) is 66.4 Å². The molecule has 0 bridgehead atoms. The average molecular weight is 498 g/mol. The summed E-state index contributed by atoms with van der Waals surface area (Å²) < 4.78 is 78.1. The summed E-state index contributed by atoms with van der Waals surface area (Å²) in [5, 5.41) is 11.4. The number of halogens is 7. The Morgan fingerprint density at radius 2 is 1.50 bits per heavy atom. The van der Waals surface area contributed by atoms with Gasteiger partial charge in [-0.2, -0.15) is 26.3 Å². The summed E-state index contributed by atoms with van der Waals surface area (Å²) in [5.41, 5.74) is -3.10. The van der Waals surface area contributed by atoms with E-state index in [2.05, 4.69) is 21.2 Å². The van der Waals surface area contributed by atoms with Gasteiger partial charge in [0.25, 0.3) is 0 Å². The van der Waals surface area contributed by atoms with Gasteiger partial charge in [0.15, 0.2) is 0 Å². The average Bonchev–Trinajstić information content (AvgIpc) is 2.61. The predicted molar refractivity (Wildman–Crippen MR) is 97.6 cm³/mol. The van der Waals surface area contributed by atoms with Gasteiger partial charge in [0.2, 0.25) is 5.91 Å². The van der Waals surface area contributed by atoms with Gasteiger partial charge >= 0.3 is 18.3 Å². The van der Waals surface area contributed by atoms with Gasteiger partial charge in [-0.15, -0.1) is 0 Å². The van der Waals surface area contributed by atoms with Crippen LogP contribution in [0, 0.1) is 0 Å². The summed E-state index contributed by atoms with van der Waals surface area (Å²) in [6.45, 7) is 0. The molecule has 0 saturated heterocycles. The highest BCUT2D eigenvalue weighted by Gasteiger charge is 2.37. The van der Waals surface area contributed by atoms with Crippen molar-refractivity contribution in [2.75, 3.05) is 0 Å². The van der Waals surface area contributed by atoms with Gasteiger partial charge in [0.05, 0.1) is 17.5 Å². The van der Waals surface area contributed by atoms with E-state index < -0.39 is 53.4 Å². The van der Waals surface area contributed by atoms with Crippen LogP contribution in [0.25, 0.3) is 0 Å². The fourth-order valence-electron chi connectivity index (χ4n) is 2.64. The number of aliphatic carboxylic acids is 1. The molecule has 4 nitrogen and oxygen atoms in total. The highest BCUT2D eigenvalue weighted by atomic mass is 79.9. The van der Waals surface area contributed by atoms with Crippen molar-refractivity contribution in [3.8, 4) is 0 Å². The quantitative estimate of drug-likeness (QED) is 0.561. The van der Waals surface area contributed by atoms with Crippen molar-refractivity contribution >= 4 is 27.8 Å². The second kappa shape index (κ2) is 9.07. The lowest BCUT2D eigenvalue weighted by Gasteiger charge is -2.17. The number of carboxylic acids is 1. The molecule has 0 unspecified atom stereocenters. The number of amides is 1.